The molecule has 3 aromatic rings. The van der Waals surface area contributed by atoms with E-state index < -0.39 is 0 Å². The highest BCUT2D eigenvalue weighted by molar-refractivity contribution is 5.94. The van der Waals surface area contributed by atoms with Crippen molar-refractivity contribution in [3.63, 3.8) is 0 Å². The summed E-state index contributed by atoms with van der Waals surface area (Å²) < 4.78 is 23.8. The van der Waals surface area contributed by atoms with E-state index in [4.69, 9.17) is 9.47 Å². The van der Waals surface area contributed by atoms with E-state index in [9.17, 15) is 9.18 Å². The maximum atomic E-state index is 13.1. The van der Waals surface area contributed by atoms with Crippen molar-refractivity contribution in [2.24, 2.45) is 0 Å². The summed E-state index contributed by atoms with van der Waals surface area (Å²) in [5.41, 5.74) is 1.98. The van der Waals surface area contributed by atoms with Crippen molar-refractivity contribution in [2.75, 3.05) is 45.3 Å². The van der Waals surface area contributed by atoms with Crippen molar-refractivity contribution in [3.8, 4) is 22.8 Å². The molecule has 1 aromatic heterocycles. The Kier molecular flexibility index (Phi) is 5.97. The van der Waals surface area contributed by atoms with E-state index in [1.165, 1.54) is 24.3 Å². The van der Waals surface area contributed by atoms with Gasteiger partial charge in [-0.05, 0) is 54.6 Å². The average Bonchev–Trinajstić information content (AvgIpc) is 2.84. The van der Waals surface area contributed by atoms with Gasteiger partial charge in [-0.15, -0.1) is 10.2 Å². The minimum atomic E-state index is -0.352. The van der Waals surface area contributed by atoms with Crippen LogP contribution >= 0.6 is 0 Å². The van der Waals surface area contributed by atoms with E-state index in [1.807, 2.05) is 30.3 Å². The molecule has 1 saturated heterocycles. The van der Waals surface area contributed by atoms with Gasteiger partial charge in [0.05, 0.1) is 19.9 Å². The standard InChI is InChI=1S/C23H23FN4O3/c1-30-18-7-9-21(31-2)19(15-18)20-8-10-22(26-25-20)27-11-13-28(14-12-27)23(29)16-3-5-17(24)6-4-16/h3-10,15H,11-14H2,1-2H3. The van der Waals surface area contributed by atoms with Gasteiger partial charge in [0.25, 0.3) is 5.91 Å². The van der Waals surface area contributed by atoms with Gasteiger partial charge in [-0.2, -0.15) is 0 Å². The summed E-state index contributed by atoms with van der Waals surface area (Å²) in [7, 11) is 3.22. The molecule has 2 aromatic carbocycles. The van der Waals surface area contributed by atoms with E-state index in [2.05, 4.69) is 15.1 Å². The zero-order valence-electron chi connectivity index (χ0n) is 17.4. The maximum absolute atomic E-state index is 13.1. The van der Waals surface area contributed by atoms with Crippen LogP contribution in [0.2, 0.25) is 0 Å². The van der Waals surface area contributed by atoms with E-state index in [-0.39, 0.29) is 11.7 Å². The smallest absolute Gasteiger partial charge is 0.253 e. The summed E-state index contributed by atoms with van der Waals surface area (Å²) in [4.78, 5) is 16.5. The highest BCUT2D eigenvalue weighted by Crippen LogP contribution is 2.32. The molecule has 0 radical (unpaired) electrons. The van der Waals surface area contributed by atoms with Crippen molar-refractivity contribution in [2.45, 2.75) is 0 Å². The maximum Gasteiger partial charge on any atom is 0.253 e. The van der Waals surface area contributed by atoms with Gasteiger partial charge < -0.3 is 19.3 Å². The number of piperazine rings is 1. The number of ether oxygens (including phenoxy) is 2. The third-order valence-electron chi connectivity index (χ3n) is 5.32. The van der Waals surface area contributed by atoms with Crippen LogP contribution in [0.4, 0.5) is 10.2 Å². The predicted molar refractivity (Wildman–Crippen MR) is 115 cm³/mol. The molecule has 0 unspecified atom stereocenters. The molecule has 0 atom stereocenters. The van der Waals surface area contributed by atoms with Gasteiger partial charge in [0, 0.05) is 37.3 Å². The van der Waals surface area contributed by atoms with E-state index in [0.29, 0.717) is 48.9 Å². The number of carbonyl (C=O) groups excluding carboxylic acids is 1. The number of hydrogen-bond donors (Lipinski definition) is 0. The largest absolute Gasteiger partial charge is 0.497 e. The van der Waals surface area contributed by atoms with Crippen molar-refractivity contribution in [3.05, 3.63) is 66.0 Å². The van der Waals surface area contributed by atoms with E-state index in [1.54, 1.807) is 19.1 Å². The molecular weight excluding hydrogens is 399 g/mol. The zero-order valence-corrected chi connectivity index (χ0v) is 17.4. The van der Waals surface area contributed by atoms with Gasteiger partial charge in [-0.3, -0.25) is 4.79 Å². The molecule has 7 nitrogen and oxygen atoms in total. The van der Waals surface area contributed by atoms with Gasteiger partial charge in [-0.25, -0.2) is 4.39 Å². The Bertz CT molecular complexity index is 1050. The lowest BCUT2D eigenvalue weighted by Gasteiger charge is -2.35. The van der Waals surface area contributed by atoms with Crippen LogP contribution in [0.3, 0.4) is 0 Å². The fraction of sp³-hybridized carbons (Fsp3) is 0.261. The normalized spacial score (nSPS) is 13.8. The van der Waals surface area contributed by atoms with E-state index in [0.717, 1.165) is 11.4 Å². The molecule has 4 rings (SSSR count). The number of carbonyl (C=O) groups is 1. The molecule has 31 heavy (non-hydrogen) atoms. The molecule has 0 aliphatic carbocycles. The Morgan fingerprint density at radius 3 is 2.26 bits per heavy atom. The second-order valence-electron chi connectivity index (χ2n) is 7.13. The van der Waals surface area contributed by atoms with Gasteiger partial charge in [-0.1, -0.05) is 0 Å². The Labute approximate surface area is 180 Å². The molecule has 0 bridgehead atoms. The number of methoxy groups -OCH3 is 2. The number of halogens is 1. The fourth-order valence-corrected chi connectivity index (χ4v) is 3.57. The van der Waals surface area contributed by atoms with Crippen molar-refractivity contribution < 1.29 is 18.7 Å². The molecule has 1 fully saturated rings. The van der Waals surface area contributed by atoms with Crippen LogP contribution in [0.1, 0.15) is 10.4 Å². The number of rotatable bonds is 5. The lowest BCUT2D eigenvalue weighted by atomic mass is 10.1. The first-order valence-electron chi connectivity index (χ1n) is 9.95. The molecule has 1 amide bonds. The van der Waals surface area contributed by atoms with Crippen molar-refractivity contribution in [1.82, 2.24) is 15.1 Å². The summed E-state index contributed by atoms with van der Waals surface area (Å²) in [6, 6.07) is 15.0. The molecular formula is C23H23FN4O3. The summed E-state index contributed by atoms with van der Waals surface area (Å²) >= 11 is 0. The molecule has 160 valence electrons. The predicted octanol–water partition coefficient (Wildman–Crippen LogP) is 3.26. The Morgan fingerprint density at radius 1 is 0.903 bits per heavy atom. The Balaban J connectivity index is 1.43. The summed E-state index contributed by atoms with van der Waals surface area (Å²) in [6.07, 6.45) is 0. The van der Waals surface area contributed by atoms with Crippen molar-refractivity contribution >= 4 is 11.7 Å². The van der Waals surface area contributed by atoms with E-state index >= 15 is 0 Å². The highest BCUT2D eigenvalue weighted by Gasteiger charge is 2.23. The number of benzene rings is 2. The van der Waals surface area contributed by atoms with Crippen LogP contribution < -0.4 is 14.4 Å². The molecule has 8 heteroatoms. The SMILES string of the molecule is COc1ccc(OC)c(-c2ccc(N3CCN(C(=O)c4ccc(F)cc4)CC3)nn2)c1. The lowest BCUT2D eigenvalue weighted by Crippen LogP contribution is -2.49. The van der Waals surface area contributed by atoms with Crippen LogP contribution in [0.25, 0.3) is 11.3 Å². The number of amides is 1. The molecule has 2 heterocycles. The zero-order chi connectivity index (χ0) is 21.8. The van der Waals surface area contributed by atoms with Gasteiger partial charge in [0.1, 0.15) is 17.3 Å². The number of hydrogen-bond acceptors (Lipinski definition) is 6. The molecule has 1 aliphatic rings. The summed E-state index contributed by atoms with van der Waals surface area (Å²) in [5, 5.41) is 8.76. The Morgan fingerprint density at radius 2 is 1.65 bits per heavy atom. The van der Waals surface area contributed by atoms with Crippen LogP contribution in [0.5, 0.6) is 11.5 Å². The molecule has 0 saturated carbocycles. The second-order valence-corrected chi connectivity index (χ2v) is 7.13. The Hall–Kier alpha value is -3.68. The monoisotopic (exact) mass is 422 g/mol. The van der Waals surface area contributed by atoms with Crippen LogP contribution in [0.15, 0.2) is 54.6 Å². The third kappa shape index (κ3) is 4.42. The van der Waals surface area contributed by atoms with Gasteiger partial charge in [0.15, 0.2) is 5.82 Å². The molecule has 0 spiro atoms. The number of nitrogens with zero attached hydrogens (tertiary/aromatic N) is 4. The van der Waals surface area contributed by atoms with Gasteiger partial charge >= 0.3 is 0 Å². The van der Waals surface area contributed by atoms with Crippen molar-refractivity contribution in [1.29, 1.82) is 0 Å². The van der Waals surface area contributed by atoms with Crippen LogP contribution in [-0.4, -0.2) is 61.4 Å². The average molecular weight is 422 g/mol. The highest BCUT2D eigenvalue weighted by atomic mass is 19.1. The minimum absolute atomic E-state index is 0.0915. The summed E-state index contributed by atoms with van der Waals surface area (Å²) in [5.74, 6) is 1.71. The van der Waals surface area contributed by atoms with Crippen LogP contribution in [-0.2, 0) is 0 Å². The number of anilines is 1. The first kappa shape index (κ1) is 20.6. The topological polar surface area (TPSA) is 67.8 Å². The quantitative estimate of drug-likeness (QED) is 0.629. The second kappa shape index (κ2) is 8.99. The molecule has 0 N–H and O–H groups in total. The number of aromatic nitrogens is 2. The van der Waals surface area contributed by atoms with Gasteiger partial charge in [0.2, 0.25) is 0 Å². The van der Waals surface area contributed by atoms with Crippen LogP contribution in [0, 0.1) is 5.82 Å². The fourth-order valence-electron chi connectivity index (χ4n) is 3.57. The molecule has 1 aliphatic heterocycles. The summed E-state index contributed by atoms with van der Waals surface area (Å²) in [6.45, 7) is 2.40. The third-order valence-corrected chi connectivity index (χ3v) is 5.32. The minimum Gasteiger partial charge on any atom is -0.497 e. The first-order valence-corrected chi connectivity index (χ1v) is 9.95. The lowest BCUT2D eigenvalue weighted by molar-refractivity contribution is 0.0746. The first-order chi connectivity index (χ1) is 15.1.